The van der Waals surface area contributed by atoms with Gasteiger partial charge in [-0.2, -0.15) is 0 Å². The van der Waals surface area contributed by atoms with E-state index in [1.807, 2.05) is 13.8 Å². The van der Waals surface area contributed by atoms with E-state index >= 15 is 0 Å². The minimum absolute atomic E-state index is 0.0108. The first-order valence-corrected chi connectivity index (χ1v) is 28.0. The predicted octanol–water partition coefficient (Wildman–Crippen LogP) is 9.52. The summed E-state index contributed by atoms with van der Waals surface area (Å²) in [4.78, 5) is 27.5. The van der Waals surface area contributed by atoms with Crippen LogP contribution in [0, 0.1) is 23.7 Å². The van der Waals surface area contributed by atoms with Crippen molar-refractivity contribution in [2.45, 2.75) is 160 Å². The fraction of sp³-hybridized carbons (Fsp3) is 0.527. The molecule has 2 heterocycles. The monoisotopic (exact) mass is 900 g/mol. The van der Waals surface area contributed by atoms with Crippen LogP contribution in [-0.4, -0.2) is 64.7 Å². The van der Waals surface area contributed by atoms with Crippen LogP contribution in [0.5, 0.6) is 0 Å². The smallest absolute Gasteiger partial charge is 0.308 e. The van der Waals surface area contributed by atoms with Crippen LogP contribution < -0.4 is 20.7 Å². The molecular formula is C55H72O7Si2. The van der Waals surface area contributed by atoms with Gasteiger partial charge in [0, 0.05) is 25.2 Å². The predicted molar refractivity (Wildman–Crippen MR) is 260 cm³/mol. The van der Waals surface area contributed by atoms with Crippen molar-refractivity contribution in [2.75, 3.05) is 0 Å². The zero-order valence-electron chi connectivity index (χ0n) is 39.8. The van der Waals surface area contributed by atoms with Gasteiger partial charge in [0.15, 0.2) is 0 Å². The molecule has 2 aliphatic heterocycles. The molecule has 0 bridgehead atoms. The lowest BCUT2D eigenvalue weighted by Crippen LogP contribution is -2.69. The quantitative estimate of drug-likeness (QED) is 0.0709. The van der Waals surface area contributed by atoms with Crippen LogP contribution in [0.25, 0.3) is 0 Å². The molecule has 1 spiro atoms. The molecule has 10 atom stereocenters. The molecule has 9 heteroatoms. The van der Waals surface area contributed by atoms with Crippen LogP contribution in [0.15, 0.2) is 121 Å². The molecule has 0 radical (unpaired) electrons. The third-order valence-electron chi connectivity index (χ3n) is 15.5. The summed E-state index contributed by atoms with van der Waals surface area (Å²) in [6.45, 7) is 20.2. The third kappa shape index (κ3) is 8.77. The Kier molecular flexibility index (Phi) is 13.4. The Morgan fingerprint density at radius 2 is 1.17 bits per heavy atom. The molecule has 0 unspecified atom stereocenters. The minimum atomic E-state index is -2.91. The van der Waals surface area contributed by atoms with Gasteiger partial charge in [0.2, 0.25) is 0 Å². The van der Waals surface area contributed by atoms with Crippen LogP contribution in [0.3, 0.4) is 0 Å². The van der Waals surface area contributed by atoms with Gasteiger partial charge in [0.25, 0.3) is 16.6 Å². The fourth-order valence-electron chi connectivity index (χ4n) is 12.2. The van der Waals surface area contributed by atoms with Crippen molar-refractivity contribution in [3.05, 3.63) is 121 Å². The van der Waals surface area contributed by atoms with Crippen molar-refractivity contribution >= 4 is 49.3 Å². The van der Waals surface area contributed by atoms with E-state index in [1.54, 1.807) is 0 Å². The standard InChI is InChI=1S/C55H72O7Si2/c1-10-38(2)52(57)59-48-35-42(62-64(54(7,8)9,45-27-19-13-20-28-45)46-29-21-14-22-30-46)37-55-49(60-55)33-39(3)47(51(48)55)32-31-40-34-41(36-50(56)58-40)61-63(53(4,5)6,43-23-15-11-16-24-43)44-25-17-12-18-26-44/h11-30,38-42,47-49,51H,10,31-37H2,1-9H3/t38-,39-,40+,41+,42-,47-,48-,49-,51-,55-/m0/s1. The third-order valence-corrected chi connectivity index (χ3v) is 25.7. The number of carbonyl (C=O) groups excluding carboxylic acids is 2. The van der Waals surface area contributed by atoms with Crippen LogP contribution in [-0.2, 0) is 32.7 Å². The Morgan fingerprint density at radius 1 is 0.703 bits per heavy atom. The summed E-state index contributed by atoms with van der Waals surface area (Å²) in [6.07, 6.45) is 4.49. The number of epoxide rings is 1. The highest BCUT2D eigenvalue weighted by molar-refractivity contribution is 7.00. The lowest BCUT2D eigenvalue weighted by molar-refractivity contribution is -0.170. The van der Waals surface area contributed by atoms with E-state index in [4.69, 9.17) is 23.1 Å². The number of rotatable bonds is 14. The number of benzene rings is 4. The van der Waals surface area contributed by atoms with Gasteiger partial charge in [0.1, 0.15) is 17.8 Å². The molecule has 2 aliphatic carbocycles. The number of esters is 2. The SMILES string of the molecule is CC[C@H](C)C(=O)O[C@H]1C[C@H](O[Si](c2ccccc2)(c2ccccc2)C(C)(C)C)C[C@]23O[C@H]2C[C@H](C)[C@H](CC[C@@H]2C[C@@H](O[Si](c4ccccc4)(c4ccccc4)C(C)(C)C)CC(=O)O2)[C@@H]13. The lowest BCUT2D eigenvalue weighted by Gasteiger charge is -2.51. The summed E-state index contributed by atoms with van der Waals surface area (Å²) in [5.41, 5.74) is -0.440. The maximum absolute atomic E-state index is 13.9. The van der Waals surface area contributed by atoms with Crippen LogP contribution in [0.2, 0.25) is 10.1 Å². The zero-order valence-corrected chi connectivity index (χ0v) is 41.8. The van der Waals surface area contributed by atoms with Crippen molar-refractivity contribution in [3.63, 3.8) is 0 Å². The lowest BCUT2D eigenvalue weighted by atomic mass is 9.59. The second-order valence-corrected chi connectivity index (χ2v) is 30.1. The van der Waals surface area contributed by atoms with Crippen molar-refractivity contribution in [1.29, 1.82) is 0 Å². The second kappa shape index (κ2) is 18.4. The average molecular weight is 901 g/mol. The Bertz CT molecular complexity index is 2110. The zero-order chi connectivity index (χ0) is 45.5. The molecule has 4 aromatic rings. The largest absolute Gasteiger partial charge is 0.462 e. The first kappa shape index (κ1) is 46.7. The molecule has 0 aromatic heterocycles. The highest BCUT2D eigenvalue weighted by Gasteiger charge is 2.72. The highest BCUT2D eigenvalue weighted by atomic mass is 28.4. The van der Waals surface area contributed by atoms with E-state index in [0.717, 1.165) is 19.3 Å². The topological polar surface area (TPSA) is 83.6 Å². The summed E-state index contributed by atoms with van der Waals surface area (Å²) >= 11 is 0. The Morgan fingerprint density at radius 3 is 1.62 bits per heavy atom. The van der Waals surface area contributed by atoms with Gasteiger partial charge in [-0.15, -0.1) is 0 Å². The van der Waals surface area contributed by atoms with Crippen LogP contribution in [0.1, 0.15) is 114 Å². The number of ether oxygens (including phenoxy) is 3. The molecule has 0 N–H and O–H groups in total. The molecule has 4 aliphatic rings. The molecule has 342 valence electrons. The molecule has 4 aromatic carbocycles. The van der Waals surface area contributed by atoms with E-state index < -0.39 is 22.2 Å². The molecule has 64 heavy (non-hydrogen) atoms. The Labute approximate surface area is 385 Å². The number of cyclic esters (lactones) is 1. The summed E-state index contributed by atoms with van der Waals surface area (Å²) in [7, 11) is -5.80. The average Bonchev–Trinajstić information content (AvgIpc) is 3.97. The Hall–Kier alpha value is -3.87. The van der Waals surface area contributed by atoms with Crippen LogP contribution >= 0.6 is 0 Å². The first-order valence-electron chi connectivity index (χ1n) is 24.2. The van der Waals surface area contributed by atoms with Crippen molar-refractivity contribution in [2.24, 2.45) is 23.7 Å². The van der Waals surface area contributed by atoms with Gasteiger partial charge in [-0.3, -0.25) is 9.59 Å². The van der Waals surface area contributed by atoms with Gasteiger partial charge in [-0.05, 0) is 68.3 Å². The van der Waals surface area contributed by atoms with Gasteiger partial charge in [-0.25, -0.2) is 0 Å². The number of hydrogen-bond donors (Lipinski definition) is 0. The number of carbonyl (C=O) groups is 2. The summed E-state index contributed by atoms with van der Waals surface area (Å²) in [6, 6.07) is 43.0. The molecule has 7 nitrogen and oxygen atoms in total. The summed E-state index contributed by atoms with van der Waals surface area (Å²) < 4.78 is 35.2. The first-order chi connectivity index (χ1) is 30.5. The molecule has 8 rings (SSSR count). The molecule has 0 amide bonds. The maximum Gasteiger partial charge on any atom is 0.308 e. The molecule has 4 fully saturated rings. The summed E-state index contributed by atoms with van der Waals surface area (Å²) in [5.74, 6) is 0.00821. The molecular weight excluding hydrogens is 829 g/mol. The second-order valence-electron chi connectivity index (χ2n) is 21.6. The van der Waals surface area contributed by atoms with E-state index in [9.17, 15) is 9.59 Å². The van der Waals surface area contributed by atoms with E-state index in [2.05, 4.69) is 170 Å². The van der Waals surface area contributed by atoms with Crippen molar-refractivity contribution < 1.29 is 32.7 Å². The van der Waals surface area contributed by atoms with E-state index in [-0.39, 0.29) is 76.7 Å². The van der Waals surface area contributed by atoms with Gasteiger partial charge in [0.05, 0.1) is 30.7 Å². The number of hydrogen-bond acceptors (Lipinski definition) is 7. The van der Waals surface area contributed by atoms with Crippen LogP contribution in [0.4, 0.5) is 0 Å². The Balaban J connectivity index is 1.08. The van der Waals surface area contributed by atoms with Crippen molar-refractivity contribution in [1.82, 2.24) is 0 Å². The minimum Gasteiger partial charge on any atom is -0.462 e. The highest BCUT2D eigenvalue weighted by Crippen LogP contribution is 2.63. The molecule has 2 saturated heterocycles. The van der Waals surface area contributed by atoms with E-state index in [1.165, 1.54) is 20.7 Å². The normalized spacial score (nSPS) is 28.9. The summed E-state index contributed by atoms with van der Waals surface area (Å²) in [5, 5.41) is 4.49. The maximum atomic E-state index is 13.9. The fourth-order valence-corrected chi connectivity index (χ4v) is 21.6. The van der Waals surface area contributed by atoms with Crippen molar-refractivity contribution in [3.8, 4) is 0 Å². The van der Waals surface area contributed by atoms with Gasteiger partial charge in [-0.1, -0.05) is 184 Å². The van der Waals surface area contributed by atoms with E-state index in [0.29, 0.717) is 31.6 Å². The van der Waals surface area contributed by atoms with Gasteiger partial charge < -0.3 is 23.1 Å². The molecule has 2 saturated carbocycles. The van der Waals surface area contributed by atoms with Gasteiger partial charge >= 0.3 is 11.9 Å².